The highest BCUT2D eigenvalue weighted by Crippen LogP contribution is 2.36. The molecule has 0 amide bonds. The summed E-state index contributed by atoms with van der Waals surface area (Å²) in [4.78, 5) is 0. The summed E-state index contributed by atoms with van der Waals surface area (Å²) in [5, 5.41) is 0.561. The smallest absolute Gasteiger partial charge is 0.189 e. The van der Waals surface area contributed by atoms with Gasteiger partial charge in [0.2, 0.25) is 0 Å². The molecule has 2 rings (SSSR count). The number of nitrogen functional groups attached to an aromatic ring is 1. The molecule has 70 valence electrons. The summed E-state index contributed by atoms with van der Waals surface area (Å²) in [6.07, 6.45) is 0. The second-order valence-electron chi connectivity index (χ2n) is 3.01. The Labute approximate surface area is 81.4 Å². The van der Waals surface area contributed by atoms with E-state index < -0.39 is 0 Å². The molecule has 1 aromatic carbocycles. The van der Waals surface area contributed by atoms with Crippen molar-refractivity contribution in [1.82, 2.24) is 0 Å². The first-order valence-corrected chi connectivity index (χ1v) is 4.36. The van der Waals surface area contributed by atoms with E-state index in [1.54, 1.807) is 6.07 Å². The lowest BCUT2D eigenvalue weighted by atomic mass is 10.1. The van der Waals surface area contributed by atoms with E-state index in [0.717, 1.165) is 16.9 Å². The van der Waals surface area contributed by atoms with E-state index in [1.165, 1.54) is 0 Å². The molecule has 0 saturated heterocycles. The van der Waals surface area contributed by atoms with Crippen LogP contribution in [-0.2, 0) is 11.3 Å². The quantitative estimate of drug-likeness (QED) is 0.651. The lowest BCUT2D eigenvalue weighted by Crippen LogP contribution is -2.14. The van der Waals surface area contributed by atoms with Gasteiger partial charge in [-0.25, -0.2) is 0 Å². The number of nitrogens with two attached hydrogens (primary N) is 1. The van der Waals surface area contributed by atoms with E-state index in [2.05, 4.69) is 0 Å². The van der Waals surface area contributed by atoms with Crippen LogP contribution in [0, 0.1) is 6.92 Å². The Morgan fingerprint density at radius 1 is 1.54 bits per heavy atom. The minimum absolute atomic E-state index is 0.287. The topological polar surface area (TPSA) is 44.5 Å². The van der Waals surface area contributed by atoms with Crippen molar-refractivity contribution in [1.29, 1.82) is 0 Å². The molecule has 1 aromatic rings. The fraction of sp³-hybridized carbons (Fsp3) is 0.333. The van der Waals surface area contributed by atoms with Crippen LogP contribution >= 0.6 is 11.6 Å². The van der Waals surface area contributed by atoms with Crippen LogP contribution in [0.5, 0.6) is 5.75 Å². The number of benzene rings is 1. The van der Waals surface area contributed by atoms with Crippen LogP contribution in [0.15, 0.2) is 6.07 Å². The van der Waals surface area contributed by atoms with Gasteiger partial charge in [-0.05, 0) is 18.6 Å². The van der Waals surface area contributed by atoms with Crippen LogP contribution in [0.4, 0.5) is 5.69 Å². The van der Waals surface area contributed by atoms with Crippen molar-refractivity contribution in [2.24, 2.45) is 0 Å². The van der Waals surface area contributed by atoms with Crippen molar-refractivity contribution in [2.45, 2.75) is 13.5 Å². The van der Waals surface area contributed by atoms with E-state index in [9.17, 15) is 0 Å². The standard InChI is InChI=1S/C9H10ClNO2/c1-5-2-7(10)8(11)6-3-12-4-13-9(5)6/h2H,3-4,11H2,1H3. The fourth-order valence-corrected chi connectivity index (χ4v) is 1.70. The molecule has 1 heterocycles. The predicted molar refractivity (Wildman–Crippen MR) is 50.9 cm³/mol. The van der Waals surface area contributed by atoms with Crippen LogP contribution in [0.3, 0.4) is 0 Å². The van der Waals surface area contributed by atoms with E-state index in [0.29, 0.717) is 17.3 Å². The average molecular weight is 200 g/mol. The number of rotatable bonds is 0. The van der Waals surface area contributed by atoms with Gasteiger partial charge < -0.3 is 15.2 Å². The summed E-state index contributed by atoms with van der Waals surface area (Å²) in [5.74, 6) is 0.813. The first kappa shape index (κ1) is 8.66. The summed E-state index contributed by atoms with van der Waals surface area (Å²) in [5.41, 5.74) is 8.19. The number of hydrogen-bond donors (Lipinski definition) is 1. The third-order valence-electron chi connectivity index (χ3n) is 2.09. The van der Waals surface area contributed by atoms with Gasteiger partial charge in [-0.2, -0.15) is 0 Å². The van der Waals surface area contributed by atoms with Gasteiger partial charge in [-0.3, -0.25) is 0 Å². The SMILES string of the molecule is Cc1cc(Cl)c(N)c2c1OCOC2. The van der Waals surface area contributed by atoms with Crippen LogP contribution in [-0.4, -0.2) is 6.79 Å². The molecule has 0 aromatic heterocycles. The minimum atomic E-state index is 0.287. The van der Waals surface area contributed by atoms with E-state index in [4.69, 9.17) is 26.8 Å². The zero-order valence-electron chi connectivity index (χ0n) is 7.26. The molecular weight excluding hydrogens is 190 g/mol. The molecule has 0 unspecified atom stereocenters. The maximum Gasteiger partial charge on any atom is 0.189 e. The summed E-state index contributed by atoms with van der Waals surface area (Å²) in [6, 6.07) is 1.81. The molecule has 0 saturated carbocycles. The number of aryl methyl sites for hydroxylation is 1. The lowest BCUT2D eigenvalue weighted by Gasteiger charge is -2.21. The largest absolute Gasteiger partial charge is 0.467 e. The molecule has 1 aliphatic heterocycles. The minimum Gasteiger partial charge on any atom is -0.467 e. The van der Waals surface area contributed by atoms with Crippen molar-refractivity contribution in [2.75, 3.05) is 12.5 Å². The summed E-state index contributed by atoms with van der Waals surface area (Å²) in [6.45, 7) is 2.70. The molecule has 2 N–H and O–H groups in total. The van der Waals surface area contributed by atoms with Crippen molar-refractivity contribution in [3.8, 4) is 5.75 Å². The van der Waals surface area contributed by atoms with Gasteiger partial charge in [0.25, 0.3) is 0 Å². The van der Waals surface area contributed by atoms with Crippen molar-refractivity contribution in [3.63, 3.8) is 0 Å². The van der Waals surface area contributed by atoms with Crippen molar-refractivity contribution in [3.05, 3.63) is 22.2 Å². The number of ether oxygens (including phenoxy) is 2. The summed E-state index contributed by atoms with van der Waals surface area (Å²) in [7, 11) is 0. The van der Waals surface area contributed by atoms with Crippen LogP contribution in [0.2, 0.25) is 5.02 Å². The number of anilines is 1. The highest BCUT2D eigenvalue weighted by molar-refractivity contribution is 6.33. The van der Waals surface area contributed by atoms with Crippen molar-refractivity contribution < 1.29 is 9.47 Å². The van der Waals surface area contributed by atoms with Gasteiger partial charge in [-0.15, -0.1) is 0 Å². The molecule has 4 heteroatoms. The Morgan fingerprint density at radius 3 is 3.08 bits per heavy atom. The number of halogens is 1. The maximum atomic E-state index is 5.91. The first-order valence-electron chi connectivity index (χ1n) is 3.98. The molecule has 0 spiro atoms. The maximum absolute atomic E-state index is 5.91. The molecule has 0 fully saturated rings. The number of hydrogen-bond acceptors (Lipinski definition) is 3. The molecule has 0 atom stereocenters. The molecule has 3 nitrogen and oxygen atoms in total. The lowest BCUT2D eigenvalue weighted by molar-refractivity contribution is -0.0164. The second-order valence-corrected chi connectivity index (χ2v) is 3.41. The predicted octanol–water partition coefficient (Wildman–Crippen LogP) is 2.10. The highest BCUT2D eigenvalue weighted by Gasteiger charge is 2.18. The van der Waals surface area contributed by atoms with Gasteiger partial charge in [0.05, 0.1) is 17.3 Å². The summed E-state index contributed by atoms with van der Waals surface area (Å²) < 4.78 is 10.5. The fourth-order valence-electron chi connectivity index (χ4n) is 1.43. The Hall–Kier alpha value is -0.930. The van der Waals surface area contributed by atoms with E-state index >= 15 is 0 Å². The van der Waals surface area contributed by atoms with Gasteiger partial charge in [0, 0.05) is 5.56 Å². The van der Waals surface area contributed by atoms with Crippen LogP contribution < -0.4 is 10.5 Å². The van der Waals surface area contributed by atoms with Gasteiger partial charge in [-0.1, -0.05) is 11.6 Å². The molecular formula is C9H10ClNO2. The normalized spacial score (nSPS) is 14.9. The monoisotopic (exact) mass is 199 g/mol. The first-order chi connectivity index (χ1) is 6.20. The Kier molecular flexibility index (Phi) is 2.06. The van der Waals surface area contributed by atoms with E-state index in [-0.39, 0.29) is 6.79 Å². The third-order valence-corrected chi connectivity index (χ3v) is 2.40. The van der Waals surface area contributed by atoms with Gasteiger partial charge in [0.15, 0.2) is 6.79 Å². The Morgan fingerprint density at radius 2 is 2.31 bits per heavy atom. The summed E-state index contributed by atoms with van der Waals surface area (Å²) >= 11 is 5.91. The highest BCUT2D eigenvalue weighted by atomic mass is 35.5. The molecule has 13 heavy (non-hydrogen) atoms. The molecule has 1 aliphatic rings. The van der Waals surface area contributed by atoms with Gasteiger partial charge >= 0.3 is 0 Å². The number of fused-ring (bicyclic) bond motifs is 1. The van der Waals surface area contributed by atoms with Crippen LogP contribution in [0.1, 0.15) is 11.1 Å². The second kappa shape index (κ2) is 3.09. The Bertz CT molecular complexity index is 352. The Balaban J connectivity index is 2.63. The third kappa shape index (κ3) is 1.34. The van der Waals surface area contributed by atoms with Crippen molar-refractivity contribution >= 4 is 17.3 Å². The zero-order valence-corrected chi connectivity index (χ0v) is 8.02. The van der Waals surface area contributed by atoms with Crippen LogP contribution in [0.25, 0.3) is 0 Å². The average Bonchev–Trinajstić information content (AvgIpc) is 2.15. The molecule has 0 aliphatic carbocycles. The zero-order chi connectivity index (χ0) is 9.42. The molecule has 0 bridgehead atoms. The van der Waals surface area contributed by atoms with E-state index in [1.807, 2.05) is 6.92 Å². The van der Waals surface area contributed by atoms with Gasteiger partial charge in [0.1, 0.15) is 5.75 Å². The molecule has 0 radical (unpaired) electrons.